The minimum atomic E-state index is -0.472. The Kier molecular flexibility index (Phi) is 6.33. The van der Waals surface area contributed by atoms with E-state index in [1.54, 1.807) is 31.2 Å². The van der Waals surface area contributed by atoms with Crippen LogP contribution in [0.2, 0.25) is 0 Å². The molecule has 0 atom stereocenters. The van der Waals surface area contributed by atoms with Crippen LogP contribution in [0.25, 0.3) is 6.08 Å². The minimum absolute atomic E-state index is 0.0673. The Labute approximate surface area is 171 Å². The number of rotatable bonds is 6. The van der Waals surface area contributed by atoms with Gasteiger partial charge in [0.1, 0.15) is 5.82 Å². The van der Waals surface area contributed by atoms with Gasteiger partial charge in [-0.15, -0.1) is 0 Å². The van der Waals surface area contributed by atoms with E-state index in [1.807, 2.05) is 0 Å². The predicted octanol–water partition coefficient (Wildman–Crippen LogP) is 4.39. The number of nitrogens with zero attached hydrogens (tertiary/aromatic N) is 1. The molecule has 8 heteroatoms. The lowest BCUT2D eigenvalue weighted by Crippen LogP contribution is -2.27. The molecule has 0 spiro atoms. The van der Waals surface area contributed by atoms with Crippen LogP contribution in [0.3, 0.4) is 0 Å². The van der Waals surface area contributed by atoms with Crippen LogP contribution in [0.5, 0.6) is 11.5 Å². The van der Waals surface area contributed by atoms with Gasteiger partial charge in [-0.05, 0) is 60.2 Å². The molecule has 0 bridgehead atoms. The maximum atomic E-state index is 13.0. The topological polar surface area (TPSA) is 72.9 Å². The fraction of sp³-hybridized carbons (Fsp3) is 0.190. The van der Waals surface area contributed by atoms with Crippen molar-refractivity contribution in [2.75, 3.05) is 6.61 Å². The van der Waals surface area contributed by atoms with Gasteiger partial charge in [0.05, 0.1) is 18.1 Å². The van der Waals surface area contributed by atoms with E-state index < -0.39 is 17.1 Å². The zero-order chi connectivity index (χ0) is 21.0. The van der Waals surface area contributed by atoms with E-state index >= 15 is 0 Å². The molecule has 1 aliphatic heterocycles. The molecule has 2 amide bonds. The molecular weight excluding hydrogens is 397 g/mol. The molecule has 3 rings (SSSR count). The highest BCUT2D eigenvalue weighted by molar-refractivity contribution is 8.18. The number of benzene rings is 2. The maximum Gasteiger partial charge on any atom is 0.308 e. The molecule has 29 heavy (non-hydrogen) atoms. The summed E-state index contributed by atoms with van der Waals surface area (Å²) in [7, 11) is 0. The molecule has 1 saturated heterocycles. The Morgan fingerprint density at radius 1 is 1.14 bits per heavy atom. The van der Waals surface area contributed by atoms with Gasteiger partial charge >= 0.3 is 5.97 Å². The van der Waals surface area contributed by atoms with Crippen molar-refractivity contribution in [3.8, 4) is 11.5 Å². The Morgan fingerprint density at radius 3 is 2.52 bits per heavy atom. The molecule has 150 valence electrons. The summed E-state index contributed by atoms with van der Waals surface area (Å²) in [5.41, 5.74) is 1.27. The number of ether oxygens (including phenoxy) is 2. The van der Waals surface area contributed by atoms with Crippen molar-refractivity contribution in [2.45, 2.75) is 20.4 Å². The lowest BCUT2D eigenvalue weighted by atomic mass is 10.1. The summed E-state index contributed by atoms with van der Waals surface area (Å²) in [6.45, 7) is 3.52. The third-order valence-electron chi connectivity index (χ3n) is 3.95. The van der Waals surface area contributed by atoms with Gasteiger partial charge in [-0.1, -0.05) is 18.2 Å². The van der Waals surface area contributed by atoms with Crippen LogP contribution in [0.15, 0.2) is 47.4 Å². The van der Waals surface area contributed by atoms with Crippen molar-refractivity contribution < 1.29 is 28.2 Å². The van der Waals surface area contributed by atoms with Crippen LogP contribution >= 0.6 is 11.8 Å². The first-order valence-corrected chi connectivity index (χ1v) is 9.64. The van der Waals surface area contributed by atoms with Crippen LogP contribution in [0.4, 0.5) is 9.18 Å². The number of hydrogen-bond donors (Lipinski definition) is 0. The van der Waals surface area contributed by atoms with Crippen LogP contribution in [-0.2, 0) is 16.1 Å². The van der Waals surface area contributed by atoms with E-state index in [4.69, 9.17) is 9.47 Å². The molecule has 6 nitrogen and oxygen atoms in total. The normalized spacial score (nSPS) is 15.1. The number of carbonyl (C=O) groups is 3. The van der Waals surface area contributed by atoms with E-state index in [1.165, 1.54) is 31.2 Å². The van der Waals surface area contributed by atoms with Crippen molar-refractivity contribution in [1.29, 1.82) is 0 Å². The molecule has 0 saturated carbocycles. The maximum absolute atomic E-state index is 13.0. The third kappa shape index (κ3) is 5.03. The first kappa shape index (κ1) is 20.6. The van der Waals surface area contributed by atoms with Crippen LogP contribution in [0.1, 0.15) is 25.0 Å². The van der Waals surface area contributed by atoms with Gasteiger partial charge in [0.2, 0.25) is 0 Å². The number of carbonyl (C=O) groups excluding carboxylic acids is 3. The Morgan fingerprint density at radius 2 is 1.86 bits per heavy atom. The largest absolute Gasteiger partial charge is 0.490 e. The van der Waals surface area contributed by atoms with Crippen molar-refractivity contribution in [1.82, 2.24) is 4.90 Å². The number of hydrogen-bond acceptors (Lipinski definition) is 6. The van der Waals surface area contributed by atoms with E-state index in [0.29, 0.717) is 23.5 Å². The Balaban J connectivity index is 1.82. The van der Waals surface area contributed by atoms with Crippen LogP contribution in [-0.4, -0.2) is 28.6 Å². The van der Waals surface area contributed by atoms with E-state index in [-0.39, 0.29) is 23.0 Å². The van der Waals surface area contributed by atoms with Crippen LogP contribution in [0, 0.1) is 5.82 Å². The fourth-order valence-electron chi connectivity index (χ4n) is 2.68. The van der Waals surface area contributed by atoms with Gasteiger partial charge in [0, 0.05) is 6.92 Å². The average Bonchev–Trinajstić information content (AvgIpc) is 2.93. The number of esters is 1. The summed E-state index contributed by atoms with van der Waals surface area (Å²) >= 11 is 0.831. The second-order valence-corrected chi connectivity index (χ2v) is 7.12. The lowest BCUT2D eigenvalue weighted by Gasteiger charge is -2.12. The van der Waals surface area contributed by atoms with Gasteiger partial charge in [-0.3, -0.25) is 19.3 Å². The van der Waals surface area contributed by atoms with E-state index in [2.05, 4.69) is 0 Å². The summed E-state index contributed by atoms with van der Waals surface area (Å²) in [5.74, 6) is -0.639. The van der Waals surface area contributed by atoms with Gasteiger partial charge < -0.3 is 9.47 Å². The standard InChI is InChI=1S/C21H18FNO5S/c1-3-27-18-10-15(6-9-17(18)28-13(2)24)11-19-20(25)23(21(26)29-19)12-14-4-7-16(22)8-5-14/h4-11H,3,12H2,1-2H3/b19-11+. The van der Waals surface area contributed by atoms with Crippen molar-refractivity contribution >= 4 is 35.0 Å². The smallest absolute Gasteiger partial charge is 0.308 e. The highest BCUT2D eigenvalue weighted by atomic mass is 32.2. The molecule has 1 fully saturated rings. The van der Waals surface area contributed by atoms with Gasteiger partial charge in [0.25, 0.3) is 11.1 Å². The summed E-state index contributed by atoms with van der Waals surface area (Å²) in [5, 5.41) is -0.396. The highest BCUT2D eigenvalue weighted by Gasteiger charge is 2.35. The molecule has 2 aromatic carbocycles. The van der Waals surface area contributed by atoms with Gasteiger partial charge in [-0.2, -0.15) is 0 Å². The zero-order valence-corrected chi connectivity index (χ0v) is 16.6. The van der Waals surface area contributed by atoms with Crippen molar-refractivity contribution in [2.24, 2.45) is 0 Å². The summed E-state index contributed by atoms with van der Waals surface area (Å²) < 4.78 is 23.6. The molecule has 0 aliphatic carbocycles. The van der Waals surface area contributed by atoms with Crippen molar-refractivity contribution in [3.63, 3.8) is 0 Å². The average molecular weight is 415 g/mol. The summed E-state index contributed by atoms with van der Waals surface area (Å²) in [6, 6.07) is 10.5. The molecular formula is C21H18FNO5S. The molecule has 0 aromatic heterocycles. The molecule has 0 radical (unpaired) electrons. The number of thioether (sulfide) groups is 1. The molecule has 0 N–H and O–H groups in total. The lowest BCUT2D eigenvalue weighted by molar-refractivity contribution is -0.132. The second kappa shape index (κ2) is 8.91. The SMILES string of the molecule is CCOc1cc(/C=C2/SC(=O)N(Cc3ccc(F)cc3)C2=O)ccc1OC(C)=O. The molecule has 1 heterocycles. The molecule has 1 aliphatic rings. The van der Waals surface area contributed by atoms with E-state index in [9.17, 15) is 18.8 Å². The van der Waals surface area contributed by atoms with Gasteiger partial charge in [0.15, 0.2) is 11.5 Å². The molecule has 0 unspecified atom stereocenters. The summed E-state index contributed by atoms with van der Waals surface area (Å²) in [6.07, 6.45) is 1.58. The number of imide groups is 1. The highest BCUT2D eigenvalue weighted by Crippen LogP contribution is 2.35. The summed E-state index contributed by atoms with van der Waals surface area (Å²) in [4.78, 5) is 37.5. The first-order chi connectivity index (χ1) is 13.9. The fourth-order valence-corrected chi connectivity index (χ4v) is 3.52. The van der Waals surface area contributed by atoms with Gasteiger partial charge in [-0.25, -0.2) is 4.39 Å². The minimum Gasteiger partial charge on any atom is -0.490 e. The Bertz CT molecular complexity index is 987. The van der Waals surface area contributed by atoms with E-state index in [0.717, 1.165) is 16.7 Å². The third-order valence-corrected chi connectivity index (χ3v) is 4.85. The predicted molar refractivity (Wildman–Crippen MR) is 107 cm³/mol. The molecule has 2 aromatic rings. The quantitative estimate of drug-likeness (QED) is 0.396. The number of halogens is 1. The van der Waals surface area contributed by atoms with Crippen molar-refractivity contribution in [3.05, 3.63) is 64.3 Å². The first-order valence-electron chi connectivity index (χ1n) is 8.82. The zero-order valence-electron chi connectivity index (χ0n) is 15.8. The number of amides is 2. The van der Waals surface area contributed by atoms with Crippen LogP contribution < -0.4 is 9.47 Å². The Hall–Kier alpha value is -3.13. The second-order valence-electron chi connectivity index (χ2n) is 6.13. The monoisotopic (exact) mass is 415 g/mol.